The van der Waals surface area contributed by atoms with Gasteiger partial charge in [0.25, 0.3) is 5.91 Å². The fourth-order valence-corrected chi connectivity index (χ4v) is 1.51. The number of H-pyrrole nitrogens is 1. The van der Waals surface area contributed by atoms with Crippen molar-refractivity contribution in [2.45, 2.75) is 26.2 Å². The maximum atomic E-state index is 11.5. The third-order valence-corrected chi connectivity index (χ3v) is 2.42. The molecule has 0 aromatic carbocycles. The lowest BCUT2D eigenvalue weighted by Gasteiger charge is -2.01. The molecule has 1 aromatic rings. The maximum Gasteiger partial charge on any atom is 0.267 e. The van der Waals surface area contributed by atoms with Gasteiger partial charge in [-0.2, -0.15) is 0 Å². The number of rotatable bonds is 5. The van der Waals surface area contributed by atoms with Gasteiger partial charge in [0.05, 0.1) is 0 Å². The van der Waals surface area contributed by atoms with E-state index in [1.54, 1.807) is 12.3 Å². The van der Waals surface area contributed by atoms with Crippen LogP contribution in [-0.4, -0.2) is 17.4 Å². The van der Waals surface area contributed by atoms with E-state index in [-0.39, 0.29) is 5.91 Å². The van der Waals surface area contributed by atoms with Gasteiger partial charge in [0, 0.05) is 17.2 Å². The molecular weight excluding hydrogens is 244 g/mol. The van der Waals surface area contributed by atoms with Crippen LogP contribution in [0.1, 0.15) is 36.7 Å². The minimum absolute atomic E-state index is 0.0354. The third-order valence-electron chi connectivity index (χ3n) is 1.96. The van der Waals surface area contributed by atoms with E-state index in [0.717, 1.165) is 23.9 Å². The Labute approximate surface area is 92.4 Å². The summed E-state index contributed by atoms with van der Waals surface area (Å²) in [5.41, 5.74) is 0.605. The topological polar surface area (TPSA) is 44.9 Å². The predicted octanol–water partition coefficient (Wildman–Crippen LogP) is 2.70. The van der Waals surface area contributed by atoms with Crippen LogP contribution in [0.15, 0.2) is 16.7 Å². The van der Waals surface area contributed by atoms with Crippen molar-refractivity contribution in [1.82, 2.24) is 10.3 Å². The molecule has 0 fully saturated rings. The lowest BCUT2D eigenvalue weighted by atomic mass is 10.2. The van der Waals surface area contributed by atoms with Crippen molar-refractivity contribution in [3.05, 3.63) is 22.4 Å². The van der Waals surface area contributed by atoms with Crippen LogP contribution in [0.5, 0.6) is 0 Å². The van der Waals surface area contributed by atoms with Crippen molar-refractivity contribution in [3.8, 4) is 0 Å². The average molecular weight is 259 g/mol. The molecule has 1 amide bonds. The Morgan fingerprint density at radius 1 is 1.57 bits per heavy atom. The predicted molar refractivity (Wildman–Crippen MR) is 60.4 cm³/mol. The van der Waals surface area contributed by atoms with E-state index in [1.807, 2.05) is 0 Å². The first-order chi connectivity index (χ1) is 6.74. The zero-order valence-electron chi connectivity index (χ0n) is 8.27. The number of hydrogen-bond donors (Lipinski definition) is 2. The lowest BCUT2D eigenvalue weighted by molar-refractivity contribution is 0.0948. The van der Waals surface area contributed by atoms with E-state index in [2.05, 4.69) is 33.2 Å². The summed E-state index contributed by atoms with van der Waals surface area (Å²) in [6, 6.07) is 1.77. The molecule has 0 aliphatic carbocycles. The zero-order valence-corrected chi connectivity index (χ0v) is 9.86. The Morgan fingerprint density at radius 2 is 2.36 bits per heavy atom. The van der Waals surface area contributed by atoms with Gasteiger partial charge in [-0.05, 0) is 28.4 Å². The zero-order chi connectivity index (χ0) is 10.4. The SMILES string of the molecule is CCCCCNC(=O)c1cc(Br)c[nH]1. The average Bonchev–Trinajstić information content (AvgIpc) is 2.59. The second-order valence-electron chi connectivity index (χ2n) is 3.19. The van der Waals surface area contributed by atoms with Gasteiger partial charge in [-0.15, -0.1) is 0 Å². The number of halogens is 1. The Bertz CT molecular complexity index is 296. The molecule has 78 valence electrons. The van der Waals surface area contributed by atoms with Gasteiger partial charge < -0.3 is 10.3 Å². The Balaban J connectivity index is 2.29. The highest BCUT2D eigenvalue weighted by atomic mass is 79.9. The van der Waals surface area contributed by atoms with E-state index < -0.39 is 0 Å². The molecule has 0 saturated heterocycles. The van der Waals surface area contributed by atoms with Crippen LogP contribution in [0, 0.1) is 0 Å². The quantitative estimate of drug-likeness (QED) is 0.784. The third kappa shape index (κ3) is 3.54. The molecule has 3 nitrogen and oxygen atoms in total. The largest absolute Gasteiger partial charge is 0.356 e. The molecule has 0 radical (unpaired) electrons. The molecule has 2 N–H and O–H groups in total. The summed E-state index contributed by atoms with van der Waals surface area (Å²) in [6.07, 6.45) is 5.13. The molecule has 1 aromatic heterocycles. The summed E-state index contributed by atoms with van der Waals surface area (Å²) >= 11 is 3.28. The van der Waals surface area contributed by atoms with Crippen LogP contribution in [0.2, 0.25) is 0 Å². The van der Waals surface area contributed by atoms with Gasteiger partial charge >= 0.3 is 0 Å². The number of aromatic amines is 1. The molecule has 0 saturated carbocycles. The first kappa shape index (κ1) is 11.3. The molecule has 0 atom stereocenters. The van der Waals surface area contributed by atoms with E-state index in [4.69, 9.17) is 0 Å². The van der Waals surface area contributed by atoms with Gasteiger partial charge in [0.15, 0.2) is 0 Å². The number of unbranched alkanes of at least 4 members (excludes halogenated alkanes) is 2. The monoisotopic (exact) mass is 258 g/mol. The highest BCUT2D eigenvalue weighted by molar-refractivity contribution is 9.10. The van der Waals surface area contributed by atoms with Crippen molar-refractivity contribution in [2.75, 3.05) is 6.54 Å². The fourth-order valence-electron chi connectivity index (χ4n) is 1.17. The van der Waals surface area contributed by atoms with Gasteiger partial charge in [-0.25, -0.2) is 0 Å². The number of amides is 1. The van der Waals surface area contributed by atoms with E-state index >= 15 is 0 Å². The highest BCUT2D eigenvalue weighted by Gasteiger charge is 2.05. The number of nitrogens with one attached hydrogen (secondary N) is 2. The molecule has 0 aliphatic heterocycles. The molecule has 0 unspecified atom stereocenters. The second kappa shape index (κ2) is 5.86. The van der Waals surface area contributed by atoms with Crippen molar-refractivity contribution in [2.24, 2.45) is 0 Å². The van der Waals surface area contributed by atoms with Crippen LogP contribution in [0.25, 0.3) is 0 Å². The van der Waals surface area contributed by atoms with Crippen molar-refractivity contribution < 1.29 is 4.79 Å². The van der Waals surface area contributed by atoms with Crippen molar-refractivity contribution in [3.63, 3.8) is 0 Å². The van der Waals surface area contributed by atoms with E-state index in [0.29, 0.717) is 5.69 Å². The van der Waals surface area contributed by atoms with Gasteiger partial charge in [0.1, 0.15) is 5.69 Å². The van der Waals surface area contributed by atoms with Crippen LogP contribution >= 0.6 is 15.9 Å². The summed E-state index contributed by atoms with van der Waals surface area (Å²) in [7, 11) is 0. The molecule has 0 bridgehead atoms. The van der Waals surface area contributed by atoms with E-state index in [9.17, 15) is 4.79 Å². The van der Waals surface area contributed by atoms with Crippen LogP contribution < -0.4 is 5.32 Å². The number of carbonyl (C=O) groups excluding carboxylic acids is 1. The first-order valence-corrected chi connectivity index (χ1v) is 5.65. The van der Waals surface area contributed by atoms with E-state index in [1.165, 1.54) is 6.42 Å². The second-order valence-corrected chi connectivity index (χ2v) is 4.11. The fraction of sp³-hybridized carbons (Fsp3) is 0.500. The van der Waals surface area contributed by atoms with Gasteiger partial charge in [-0.1, -0.05) is 19.8 Å². The highest BCUT2D eigenvalue weighted by Crippen LogP contribution is 2.10. The van der Waals surface area contributed by atoms with Crippen LogP contribution in [0.4, 0.5) is 0 Å². The lowest BCUT2D eigenvalue weighted by Crippen LogP contribution is -2.24. The van der Waals surface area contributed by atoms with Crippen LogP contribution in [0.3, 0.4) is 0 Å². The standard InChI is InChI=1S/C10H15BrN2O/c1-2-3-4-5-12-10(14)9-6-8(11)7-13-9/h6-7,13H,2-5H2,1H3,(H,12,14). The molecule has 1 rings (SSSR count). The summed E-state index contributed by atoms with van der Waals surface area (Å²) in [4.78, 5) is 14.3. The smallest absolute Gasteiger partial charge is 0.267 e. The first-order valence-electron chi connectivity index (χ1n) is 4.86. The molecule has 0 spiro atoms. The molecule has 4 heteroatoms. The Hall–Kier alpha value is -0.770. The van der Waals surface area contributed by atoms with Crippen molar-refractivity contribution in [1.29, 1.82) is 0 Å². The minimum Gasteiger partial charge on any atom is -0.356 e. The van der Waals surface area contributed by atoms with Crippen molar-refractivity contribution >= 4 is 21.8 Å². The number of hydrogen-bond acceptors (Lipinski definition) is 1. The Morgan fingerprint density at radius 3 is 2.93 bits per heavy atom. The summed E-state index contributed by atoms with van der Waals surface area (Å²) in [5.74, 6) is -0.0354. The molecular formula is C10H15BrN2O. The molecule has 1 heterocycles. The summed E-state index contributed by atoms with van der Waals surface area (Å²) in [6.45, 7) is 2.90. The normalized spacial score (nSPS) is 10.1. The Kier molecular flexibility index (Phi) is 4.73. The number of carbonyl (C=O) groups is 1. The van der Waals surface area contributed by atoms with Crippen LogP contribution in [-0.2, 0) is 0 Å². The van der Waals surface area contributed by atoms with Gasteiger partial charge in [0.2, 0.25) is 0 Å². The molecule has 0 aliphatic rings. The summed E-state index contributed by atoms with van der Waals surface area (Å²) in [5, 5.41) is 2.86. The molecule has 14 heavy (non-hydrogen) atoms. The minimum atomic E-state index is -0.0354. The van der Waals surface area contributed by atoms with Gasteiger partial charge in [-0.3, -0.25) is 4.79 Å². The maximum absolute atomic E-state index is 11.5. The summed E-state index contributed by atoms with van der Waals surface area (Å²) < 4.78 is 0.899. The number of aromatic nitrogens is 1.